The van der Waals surface area contributed by atoms with Crippen molar-refractivity contribution in [2.45, 2.75) is 122 Å². The van der Waals surface area contributed by atoms with E-state index >= 15 is 0 Å². The van der Waals surface area contributed by atoms with Crippen molar-refractivity contribution in [1.82, 2.24) is 5.32 Å². The Hall–Kier alpha value is -1.51. The van der Waals surface area contributed by atoms with Gasteiger partial charge in [0.15, 0.2) is 0 Å². The molecule has 0 aromatic heterocycles. The maximum Gasteiger partial charge on any atom is 0.219 e. The Morgan fingerprint density at radius 1 is 0.719 bits per heavy atom. The van der Waals surface area contributed by atoms with Crippen molar-refractivity contribution in [3.8, 4) is 0 Å². The molecule has 0 atom stereocenters. The molecule has 184 valence electrons. The Balaban J connectivity index is 1.86. The van der Waals surface area contributed by atoms with Gasteiger partial charge in [-0.05, 0) is 30.9 Å². The molecule has 1 aromatic carbocycles. The van der Waals surface area contributed by atoms with Crippen LogP contribution in [0.5, 0.6) is 0 Å². The van der Waals surface area contributed by atoms with Crippen molar-refractivity contribution < 1.29 is 4.79 Å². The van der Waals surface area contributed by atoms with Crippen LogP contribution in [-0.2, 0) is 11.2 Å². The van der Waals surface area contributed by atoms with Crippen LogP contribution in [0.3, 0.4) is 0 Å². The lowest BCUT2D eigenvalue weighted by atomic mass is 10.0. The van der Waals surface area contributed by atoms with Crippen LogP contribution in [0.1, 0.15) is 122 Å². The Morgan fingerprint density at radius 2 is 1.22 bits per heavy atom. The SMILES string of the molecule is CCCCCCCCCCCCCCCCCC(=O)NCCCc1ccccc1N(C)C. The van der Waals surface area contributed by atoms with Crippen molar-refractivity contribution in [2.24, 2.45) is 0 Å². The van der Waals surface area contributed by atoms with Crippen LogP contribution in [0.15, 0.2) is 24.3 Å². The van der Waals surface area contributed by atoms with Gasteiger partial charge in [-0.2, -0.15) is 0 Å². The first-order valence-electron chi connectivity index (χ1n) is 13.7. The fraction of sp³-hybridized carbons (Fsp3) is 0.759. The van der Waals surface area contributed by atoms with Gasteiger partial charge in [-0.25, -0.2) is 0 Å². The van der Waals surface area contributed by atoms with E-state index in [1.54, 1.807) is 0 Å². The van der Waals surface area contributed by atoms with E-state index in [4.69, 9.17) is 0 Å². The van der Waals surface area contributed by atoms with Crippen LogP contribution >= 0.6 is 0 Å². The van der Waals surface area contributed by atoms with Crippen molar-refractivity contribution in [2.75, 3.05) is 25.5 Å². The summed E-state index contributed by atoms with van der Waals surface area (Å²) in [6, 6.07) is 8.52. The van der Waals surface area contributed by atoms with Crippen LogP contribution in [0.25, 0.3) is 0 Å². The summed E-state index contributed by atoms with van der Waals surface area (Å²) in [5, 5.41) is 3.10. The molecule has 0 saturated heterocycles. The number of nitrogens with one attached hydrogen (secondary N) is 1. The topological polar surface area (TPSA) is 32.3 Å². The third kappa shape index (κ3) is 15.3. The molecule has 0 aliphatic heterocycles. The van der Waals surface area contributed by atoms with E-state index < -0.39 is 0 Å². The van der Waals surface area contributed by atoms with Crippen molar-refractivity contribution in [1.29, 1.82) is 0 Å². The van der Waals surface area contributed by atoms with Gasteiger partial charge in [0.1, 0.15) is 0 Å². The van der Waals surface area contributed by atoms with Gasteiger partial charge in [0.05, 0.1) is 0 Å². The van der Waals surface area contributed by atoms with E-state index in [0.29, 0.717) is 6.42 Å². The number of carbonyl (C=O) groups excluding carboxylic acids is 1. The lowest BCUT2D eigenvalue weighted by molar-refractivity contribution is -0.121. The number of amides is 1. The predicted octanol–water partition coefficient (Wildman–Crippen LogP) is 8.06. The highest BCUT2D eigenvalue weighted by Crippen LogP contribution is 2.19. The highest BCUT2D eigenvalue weighted by Gasteiger charge is 2.04. The number of para-hydroxylation sites is 1. The summed E-state index contributed by atoms with van der Waals surface area (Å²) in [6.45, 7) is 3.06. The summed E-state index contributed by atoms with van der Waals surface area (Å²) in [5.74, 6) is 0.223. The highest BCUT2D eigenvalue weighted by molar-refractivity contribution is 5.75. The minimum atomic E-state index is 0.223. The van der Waals surface area contributed by atoms with Crippen molar-refractivity contribution in [3.63, 3.8) is 0 Å². The Morgan fingerprint density at radius 3 is 1.75 bits per heavy atom. The number of benzene rings is 1. The molecule has 1 amide bonds. The molecule has 0 radical (unpaired) electrons. The van der Waals surface area contributed by atoms with Gasteiger partial charge in [-0.15, -0.1) is 0 Å². The molecule has 3 heteroatoms. The van der Waals surface area contributed by atoms with Crippen LogP contribution in [0.4, 0.5) is 5.69 Å². The lowest BCUT2D eigenvalue weighted by Crippen LogP contribution is -2.24. The summed E-state index contributed by atoms with van der Waals surface area (Å²) < 4.78 is 0. The minimum Gasteiger partial charge on any atom is -0.377 e. The van der Waals surface area contributed by atoms with Crippen molar-refractivity contribution >= 4 is 11.6 Å². The molecule has 3 nitrogen and oxygen atoms in total. The van der Waals surface area contributed by atoms with E-state index in [1.807, 2.05) is 0 Å². The highest BCUT2D eigenvalue weighted by atomic mass is 16.1. The van der Waals surface area contributed by atoms with Gasteiger partial charge >= 0.3 is 0 Å². The van der Waals surface area contributed by atoms with E-state index in [0.717, 1.165) is 25.8 Å². The number of anilines is 1. The molecule has 0 fully saturated rings. The molecule has 1 N–H and O–H groups in total. The normalized spacial score (nSPS) is 11.0. The quantitative estimate of drug-likeness (QED) is 0.194. The molecule has 32 heavy (non-hydrogen) atoms. The van der Waals surface area contributed by atoms with Gasteiger partial charge in [-0.1, -0.05) is 115 Å². The molecule has 0 unspecified atom stereocenters. The van der Waals surface area contributed by atoms with E-state index in [2.05, 4.69) is 55.5 Å². The number of hydrogen-bond donors (Lipinski definition) is 1. The molecule has 0 saturated carbocycles. The zero-order valence-electron chi connectivity index (χ0n) is 21.6. The van der Waals surface area contributed by atoms with E-state index in [-0.39, 0.29) is 5.91 Å². The summed E-state index contributed by atoms with van der Waals surface area (Å²) >= 11 is 0. The summed E-state index contributed by atoms with van der Waals surface area (Å²) in [5.41, 5.74) is 2.63. The van der Waals surface area contributed by atoms with Crippen LogP contribution < -0.4 is 10.2 Å². The molecular weight excluding hydrogens is 392 g/mol. The molecular formula is C29H52N2O. The van der Waals surface area contributed by atoms with Gasteiger partial charge in [-0.3, -0.25) is 4.79 Å². The van der Waals surface area contributed by atoms with Crippen molar-refractivity contribution in [3.05, 3.63) is 29.8 Å². The third-order valence-corrected chi connectivity index (χ3v) is 6.43. The predicted molar refractivity (Wildman–Crippen MR) is 142 cm³/mol. The van der Waals surface area contributed by atoms with E-state index in [1.165, 1.54) is 101 Å². The third-order valence-electron chi connectivity index (χ3n) is 6.43. The number of hydrogen-bond acceptors (Lipinski definition) is 2. The molecule has 0 heterocycles. The second-order valence-corrected chi connectivity index (χ2v) is 9.68. The van der Waals surface area contributed by atoms with Gasteiger partial charge in [0.25, 0.3) is 0 Å². The first-order valence-corrected chi connectivity index (χ1v) is 13.7. The molecule has 0 bridgehead atoms. The second kappa shape index (κ2) is 20.1. The number of nitrogens with zero attached hydrogens (tertiary/aromatic N) is 1. The largest absolute Gasteiger partial charge is 0.377 e. The van der Waals surface area contributed by atoms with Crippen LogP contribution in [0, 0.1) is 0 Å². The zero-order valence-corrected chi connectivity index (χ0v) is 21.6. The molecule has 1 aromatic rings. The van der Waals surface area contributed by atoms with Gasteiger partial charge < -0.3 is 10.2 Å². The fourth-order valence-corrected chi connectivity index (χ4v) is 4.41. The lowest BCUT2D eigenvalue weighted by Gasteiger charge is -2.17. The fourth-order valence-electron chi connectivity index (χ4n) is 4.41. The molecule has 0 aliphatic rings. The first-order chi connectivity index (χ1) is 15.6. The molecule has 0 spiro atoms. The maximum absolute atomic E-state index is 12.0. The summed E-state index contributed by atoms with van der Waals surface area (Å²) in [7, 11) is 4.16. The van der Waals surface area contributed by atoms with Crippen LogP contribution in [-0.4, -0.2) is 26.5 Å². The van der Waals surface area contributed by atoms with Gasteiger partial charge in [0, 0.05) is 32.7 Å². The first kappa shape index (κ1) is 28.5. The number of rotatable bonds is 21. The average molecular weight is 445 g/mol. The Bertz CT molecular complexity index is 570. The Labute approximate surface area is 199 Å². The number of aryl methyl sites for hydroxylation is 1. The average Bonchev–Trinajstić information content (AvgIpc) is 2.79. The minimum absolute atomic E-state index is 0.223. The number of unbranched alkanes of at least 4 members (excludes halogenated alkanes) is 14. The second-order valence-electron chi connectivity index (χ2n) is 9.68. The Kier molecular flexibility index (Phi) is 17.9. The van der Waals surface area contributed by atoms with Gasteiger partial charge in [0.2, 0.25) is 5.91 Å². The zero-order chi connectivity index (χ0) is 23.3. The maximum atomic E-state index is 12.0. The standard InChI is InChI=1S/C29H52N2O/c1-4-5-6-7-8-9-10-11-12-13-14-15-16-17-18-25-29(32)30-26-21-23-27-22-19-20-24-28(27)31(2)3/h19-20,22,24H,4-18,21,23,25-26H2,1-3H3,(H,30,32). The molecule has 1 rings (SSSR count). The summed E-state index contributed by atoms with van der Waals surface area (Å²) in [4.78, 5) is 14.2. The smallest absolute Gasteiger partial charge is 0.219 e. The number of carbonyl (C=O) groups is 1. The van der Waals surface area contributed by atoms with E-state index in [9.17, 15) is 4.79 Å². The summed E-state index contributed by atoms with van der Waals surface area (Å²) in [6.07, 6.45) is 23.1. The monoisotopic (exact) mass is 444 g/mol. The molecule has 0 aliphatic carbocycles. The van der Waals surface area contributed by atoms with Crippen LogP contribution in [0.2, 0.25) is 0 Å².